The van der Waals surface area contributed by atoms with Gasteiger partial charge in [-0.25, -0.2) is 9.78 Å². The van der Waals surface area contributed by atoms with E-state index in [2.05, 4.69) is 10.3 Å². The maximum Gasteiger partial charge on any atom is 0.412 e. The average molecular weight is 357 g/mol. The third kappa shape index (κ3) is 4.90. The van der Waals surface area contributed by atoms with Crippen LogP contribution < -0.4 is 5.32 Å². The van der Waals surface area contributed by atoms with Gasteiger partial charge in [-0.3, -0.25) is 5.32 Å². The lowest BCUT2D eigenvalue weighted by Crippen LogP contribution is -2.27. The quantitative estimate of drug-likeness (QED) is 0.727. The maximum absolute atomic E-state index is 11.9. The Morgan fingerprint density at radius 3 is 2.65 bits per heavy atom. The van der Waals surface area contributed by atoms with Gasteiger partial charge in [-0.15, -0.1) is 0 Å². The Labute approximate surface area is 142 Å². The fourth-order valence-corrected chi connectivity index (χ4v) is 2.90. The fraction of sp³-hybridized carbons (Fsp3) is 0.333. The number of aromatic nitrogens is 1. The Balaban J connectivity index is 2.31. The highest BCUT2D eigenvalue weighted by molar-refractivity contribution is 7.19. The number of ether oxygens (including phenoxy) is 1. The van der Waals surface area contributed by atoms with Crippen LogP contribution >= 0.6 is 22.9 Å². The van der Waals surface area contributed by atoms with E-state index in [9.17, 15) is 15.0 Å². The number of thiazole rings is 1. The lowest BCUT2D eigenvalue weighted by Gasteiger charge is -2.19. The van der Waals surface area contributed by atoms with Crippen LogP contribution in [0, 0.1) is 0 Å². The second-order valence-corrected chi connectivity index (χ2v) is 7.18. The van der Waals surface area contributed by atoms with Crippen LogP contribution in [0.4, 0.5) is 9.80 Å². The summed E-state index contributed by atoms with van der Waals surface area (Å²) in [4.78, 5) is 16.0. The van der Waals surface area contributed by atoms with Gasteiger partial charge in [0.05, 0.1) is 0 Å². The van der Waals surface area contributed by atoms with Crippen LogP contribution in [0.25, 0.3) is 10.6 Å². The van der Waals surface area contributed by atoms with Gasteiger partial charge >= 0.3 is 6.09 Å². The largest absolute Gasteiger partial charge is 0.444 e. The molecule has 0 atom stereocenters. The SMILES string of the molecule is CC(C)(C)OC(=O)Nc1sc(-c2cccc(Cl)c2)nc1C(O)O. The topological polar surface area (TPSA) is 91.7 Å². The number of aliphatic hydroxyl groups excluding tert-OH is 1. The first-order chi connectivity index (χ1) is 10.7. The predicted octanol–water partition coefficient (Wildman–Crippen LogP) is 3.79. The minimum absolute atomic E-state index is 0.0455. The molecule has 1 amide bonds. The summed E-state index contributed by atoms with van der Waals surface area (Å²) in [6.07, 6.45) is -2.51. The Hall–Kier alpha value is -1.67. The number of carbonyl (C=O) groups is 1. The van der Waals surface area contributed by atoms with Crippen LogP contribution in [-0.2, 0) is 4.74 Å². The third-order valence-corrected chi connectivity index (χ3v) is 3.85. The van der Waals surface area contributed by atoms with E-state index in [1.54, 1.807) is 45.0 Å². The van der Waals surface area contributed by atoms with E-state index < -0.39 is 18.0 Å². The molecule has 1 heterocycles. The van der Waals surface area contributed by atoms with Crippen molar-refractivity contribution in [2.75, 3.05) is 5.32 Å². The normalized spacial score (nSPS) is 11.6. The molecule has 0 aliphatic carbocycles. The van der Waals surface area contributed by atoms with Crippen molar-refractivity contribution >= 4 is 34.0 Å². The van der Waals surface area contributed by atoms with E-state index in [0.717, 1.165) is 11.3 Å². The van der Waals surface area contributed by atoms with Crippen LogP contribution in [0.2, 0.25) is 5.02 Å². The molecule has 3 N–H and O–H groups in total. The van der Waals surface area contributed by atoms with Crippen molar-refractivity contribution in [3.8, 4) is 10.6 Å². The van der Waals surface area contributed by atoms with Gasteiger partial charge in [0.15, 0.2) is 6.29 Å². The van der Waals surface area contributed by atoms with Gasteiger partial charge in [-0.2, -0.15) is 0 Å². The number of anilines is 1. The van der Waals surface area contributed by atoms with Gasteiger partial charge in [0.2, 0.25) is 0 Å². The molecule has 0 bridgehead atoms. The average Bonchev–Trinajstić information content (AvgIpc) is 2.80. The lowest BCUT2D eigenvalue weighted by atomic mass is 10.2. The van der Waals surface area contributed by atoms with E-state index >= 15 is 0 Å². The molecule has 0 spiro atoms. The fourth-order valence-electron chi connectivity index (χ4n) is 1.74. The highest BCUT2D eigenvalue weighted by Gasteiger charge is 2.22. The lowest BCUT2D eigenvalue weighted by molar-refractivity contribution is -0.0447. The molecule has 8 heteroatoms. The Kier molecular flexibility index (Phi) is 5.26. The van der Waals surface area contributed by atoms with E-state index in [-0.39, 0.29) is 10.7 Å². The maximum atomic E-state index is 11.9. The summed E-state index contributed by atoms with van der Waals surface area (Å²) in [7, 11) is 0. The zero-order chi connectivity index (χ0) is 17.2. The highest BCUT2D eigenvalue weighted by atomic mass is 35.5. The first-order valence-corrected chi connectivity index (χ1v) is 7.98. The number of halogens is 1. The number of nitrogens with zero attached hydrogens (tertiary/aromatic N) is 1. The molecule has 0 radical (unpaired) electrons. The van der Waals surface area contributed by atoms with Crippen molar-refractivity contribution in [1.29, 1.82) is 0 Å². The molecule has 23 heavy (non-hydrogen) atoms. The van der Waals surface area contributed by atoms with Crippen molar-refractivity contribution < 1.29 is 19.7 Å². The summed E-state index contributed by atoms with van der Waals surface area (Å²) < 4.78 is 5.15. The number of hydrogen-bond acceptors (Lipinski definition) is 6. The molecule has 2 rings (SSSR count). The summed E-state index contributed by atoms with van der Waals surface area (Å²) >= 11 is 7.05. The van der Waals surface area contributed by atoms with Crippen molar-refractivity contribution in [2.24, 2.45) is 0 Å². The molecular weight excluding hydrogens is 340 g/mol. The summed E-state index contributed by atoms with van der Waals surface area (Å²) in [6, 6.07) is 6.97. The second kappa shape index (κ2) is 6.84. The van der Waals surface area contributed by atoms with Crippen molar-refractivity contribution in [3.05, 3.63) is 35.0 Å². The summed E-state index contributed by atoms with van der Waals surface area (Å²) in [5, 5.41) is 22.6. The van der Waals surface area contributed by atoms with E-state index in [1.165, 1.54) is 0 Å². The number of hydrogen-bond donors (Lipinski definition) is 3. The van der Waals surface area contributed by atoms with E-state index in [0.29, 0.717) is 15.6 Å². The minimum atomic E-state index is -1.82. The summed E-state index contributed by atoms with van der Waals surface area (Å²) in [5.74, 6) is 0. The predicted molar refractivity (Wildman–Crippen MR) is 89.6 cm³/mol. The van der Waals surface area contributed by atoms with Gasteiger partial charge in [0.25, 0.3) is 0 Å². The standard InChI is InChI=1S/C15H17ClN2O4S/c1-15(2,3)22-14(21)18-12-10(13(19)20)17-11(23-12)8-5-4-6-9(16)7-8/h4-7,13,19-20H,1-3H3,(H,18,21). The van der Waals surface area contributed by atoms with Gasteiger partial charge < -0.3 is 14.9 Å². The zero-order valence-corrected chi connectivity index (χ0v) is 14.4. The molecule has 2 aromatic rings. The minimum Gasteiger partial charge on any atom is -0.444 e. The Morgan fingerprint density at radius 2 is 2.09 bits per heavy atom. The molecule has 0 unspecified atom stereocenters. The third-order valence-electron chi connectivity index (χ3n) is 2.58. The van der Waals surface area contributed by atoms with Gasteiger partial charge in [-0.1, -0.05) is 35.1 Å². The molecule has 0 aliphatic rings. The smallest absolute Gasteiger partial charge is 0.412 e. The molecule has 124 valence electrons. The molecule has 0 fully saturated rings. The van der Waals surface area contributed by atoms with Crippen molar-refractivity contribution in [3.63, 3.8) is 0 Å². The summed E-state index contributed by atoms with van der Waals surface area (Å²) in [5.41, 5.74) is 0.000191. The number of aliphatic hydroxyl groups is 2. The highest BCUT2D eigenvalue weighted by Crippen LogP contribution is 2.35. The van der Waals surface area contributed by atoms with E-state index in [1.807, 2.05) is 0 Å². The number of benzene rings is 1. The number of carbonyl (C=O) groups excluding carboxylic acids is 1. The first-order valence-electron chi connectivity index (χ1n) is 6.78. The molecule has 1 aromatic carbocycles. The molecule has 6 nitrogen and oxygen atoms in total. The molecule has 0 saturated heterocycles. The second-order valence-electron chi connectivity index (χ2n) is 5.74. The van der Waals surface area contributed by atoms with Crippen LogP contribution in [-0.4, -0.2) is 26.9 Å². The molecule has 0 aliphatic heterocycles. The van der Waals surface area contributed by atoms with Gasteiger partial charge in [0, 0.05) is 10.6 Å². The molecule has 1 aromatic heterocycles. The monoisotopic (exact) mass is 356 g/mol. The van der Waals surface area contributed by atoms with Crippen LogP contribution in [0.1, 0.15) is 32.8 Å². The number of rotatable bonds is 3. The first kappa shape index (κ1) is 17.7. The van der Waals surface area contributed by atoms with Crippen molar-refractivity contribution in [1.82, 2.24) is 4.98 Å². The van der Waals surface area contributed by atoms with Crippen LogP contribution in [0.15, 0.2) is 24.3 Å². The van der Waals surface area contributed by atoms with Crippen LogP contribution in [0.3, 0.4) is 0 Å². The zero-order valence-electron chi connectivity index (χ0n) is 12.8. The Bertz CT molecular complexity index is 710. The Morgan fingerprint density at radius 1 is 1.39 bits per heavy atom. The van der Waals surface area contributed by atoms with Gasteiger partial charge in [0.1, 0.15) is 21.3 Å². The number of amides is 1. The molecule has 0 saturated carbocycles. The molecular formula is C15H17ClN2O4S. The van der Waals surface area contributed by atoms with Crippen molar-refractivity contribution in [2.45, 2.75) is 32.7 Å². The summed E-state index contributed by atoms with van der Waals surface area (Å²) in [6.45, 7) is 5.20. The van der Waals surface area contributed by atoms with Gasteiger partial charge in [-0.05, 0) is 32.9 Å². The van der Waals surface area contributed by atoms with Crippen LogP contribution in [0.5, 0.6) is 0 Å². The number of nitrogens with one attached hydrogen (secondary N) is 1. The van der Waals surface area contributed by atoms with E-state index in [4.69, 9.17) is 16.3 Å².